The van der Waals surface area contributed by atoms with E-state index in [1.54, 1.807) is 6.08 Å². The number of rotatable bonds is 54. The number of aliphatic hydroxyl groups excluding tert-OH is 1. The van der Waals surface area contributed by atoms with Gasteiger partial charge in [0, 0.05) is 12.8 Å². The number of allylic oxidation sites excluding steroid dienone is 13. The van der Waals surface area contributed by atoms with Crippen molar-refractivity contribution in [2.24, 2.45) is 0 Å². The smallest absolute Gasteiger partial charge is 0.462 e. The largest absolute Gasteiger partial charge is 0.472 e. The lowest BCUT2D eigenvalue weighted by Gasteiger charge is -2.21. The van der Waals surface area contributed by atoms with Gasteiger partial charge >= 0.3 is 25.7 Å². The van der Waals surface area contributed by atoms with Crippen LogP contribution in [-0.4, -0.2) is 66.5 Å². The standard InChI is InChI=1S/C62H107O11P/c1-4-7-10-13-16-19-22-25-28-29-32-33-36-39-42-45-48-51-60(64)69-55-59(73-62(66)53-50-47-44-41-38-35-31-27-24-21-18-15-12-9-6-3)57-71-74(67,68)70-56-58(54-63)72-61(65)52-49-46-43-40-37-34-30-26-23-20-17-14-11-8-5-2/h9,12,18,21,25-28,30-31,38,41,47,50,58-59,63H,4-8,10-11,13-17,19-20,22-24,29,32-37,39-40,42-46,48-49,51-57H2,1-3H3,(H,67,68)/b12-9-,21-18-,28-25-,30-26-,31-27-,41-38-,50-47-. The van der Waals surface area contributed by atoms with Gasteiger partial charge in [0.15, 0.2) is 6.10 Å². The Labute approximate surface area is 451 Å². The molecule has 2 N–H and O–H groups in total. The number of unbranched alkanes of at least 4 members (excludes halogenated alkanes) is 24. The van der Waals surface area contributed by atoms with Crippen LogP contribution in [0.25, 0.3) is 0 Å². The van der Waals surface area contributed by atoms with Crippen LogP contribution in [0.3, 0.4) is 0 Å². The molecular weight excluding hydrogens is 952 g/mol. The molecule has 0 aliphatic carbocycles. The molecule has 11 nitrogen and oxygen atoms in total. The molecule has 0 saturated carbocycles. The molecule has 74 heavy (non-hydrogen) atoms. The number of phosphoric ester groups is 1. The van der Waals surface area contributed by atoms with Gasteiger partial charge in [0.25, 0.3) is 0 Å². The van der Waals surface area contributed by atoms with E-state index in [1.165, 1.54) is 103 Å². The summed E-state index contributed by atoms with van der Waals surface area (Å²) in [5.41, 5.74) is 0. The highest BCUT2D eigenvalue weighted by molar-refractivity contribution is 7.47. The molecule has 0 amide bonds. The van der Waals surface area contributed by atoms with Crippen molar-refractivity contribution in [3.8, 4) is 0 Å². The quantitative estimate of drug-likeness (QED) is 0.0197. The zero-order valence-electron chi connectivity index (χ0n) is 47.0. The number of carbonyl (C=O) groups is 3. The summed E-state index contributed by atoms with van der Waals surface area (Å²) in [5, 5.41) is 9.81. The van der Waals surface area contributed by atoms with Crippen LogP contribution in [0.5, 0.6) is 0 Å². The second kappa shape index (κ2) is 55.9. The van der Waals surface area contributed by atoms with Gasteiger partial charge < -0.3 is 24.2 Å². The molecule has 0 heterocycles. The Kier molecular flexibility index (Phi) is 53.4. The Morgan fingerprint density at radius 3 is 1.18 bits per heavy atom. The number of aliphatic hydroxyl groups is 1. The lowest BCUT2D eigenvalue weighted by molar-refractivity contribution is -0.160. The van der Waals surface area contributed by atoms with E-state index in [2.05, 4.69) is 87.6 Å². The molecule has 0 radical (unpaired) electrons. The molecule has 0 rings (SSSR count). The van der Waals surface area contributed by atoms with Crippen LogP contribution in [0.2, 0.25) is 0 Å². The summed E-state index contributed by atoms with van der Waals surface area (Å²) >= 11 is 0. The monoisotopic (exact) mass is 1060 g/mol. The molecule has 0 aromatic heterocycles. The average molecular weight is 1060 g/mol. The first-order valence-electron chi connectivity index (χ1n) is 29.5. The summed E-state index contributed by atoms with van der Waals surface area (Å²) in [7, 11) is -4.78. The Balaban J connectivity index is 4.81. The zero-order chi connectivity index (χ0) is 54.1. The summed E-state index contributed by atoms with van der Waals surface area (Å²) in [4.78, 5) is 48.5. The topological polar surface area (TPSA) is 155 Å². The molecule has 0 spiro atoms. The van der Waals surface area contributed by atoms with Gasteiger partial charge in [-0.2, -0.15) is 0 Å². The lowest BCUT2D eigenvalue weighted by atomic mass is 10.1. The van der Waals surface area contributed by atoms with Gasteiger partial charge in [-0.1, -0.05) is 221 Å². The third kappa shape index (κ3) is 53.5. The van der Waals surface area contributed by atoms with E-state index in [0.29, 0.717) is 19.3 Å². The van der Waals surface area contributed by atoms with Crippen LogP contribution >= 0.6 is 7.82 Å². The SMILES string of the molecule is CC/C=C\C/C=C\C/C=C\C/C=C\C/C=C\CC(=O)OC(COC(=O)CCCCCCCCC/C=C\CCCCCCCC)COP(=O)(O)OCC(CO)OC(=O)CCCCCCC/C=C\CCCCCCCC. The highest BCUT2D eigenvalue weighted by Gasteiger charge is 2.28. The maximum Gasteiger partial charge on any atom is 0.472 e. The van der Waals surface area contributed by atoms with Crippen LogP contribution in [0.1, 0.15) is 252 Å². The Morgan fingerprint density at radius 2 is 0.757 bits per heavy atom. The van der Waals surface area contributed by atoms with Crippen molar-refractivity contribution in [3.05, 3.63) is 85.1 Å². The maximum atomic E-state index is 12.9. The first kappa shape index (κ1) is 70.7. The maximum absolute atomic E-state index is 12.9. The summed E-state index contributed by atoms with van der Waals surface area (Å²) in [6, 6.07) is 0. The summed E-state index contributed by atoms with van der Waals surface area (Å²) in [6.07, 6.45) is 64.3. The minimum Gasteiger partial charge on any atom is -0.462 e. The molecular formula is C62H107O11P. The van der Waals surface area contributed by atoms with Gasteiger partial charge in [-0.15, -0.1) is 0 Å². The minimum absolute atomic E-state index is 0.0677. The van der Waals surface area contributed by atoms with E-state index in [1.807, 2.05) is 12.2 Å². The molecule has 0 aromatic carbocycles. The molecule has 0 aliphatic heterocycles. The highest BCUT2D eigenvalue weighted by atomic mass is 31.2. The van der Waals surface area contributed by atoms with Crippen molar-refractivity contribution in [2.45, 2.75) is 264 Å². The van der Waals surface area contributed by atoms with Crippen molar-refractivity contribution in [3.63, 3.8) is 0 Å². The Morgan fingerprint density at radius 1 is 0.405 bits per heavy atom. The van der Waals surface area contributed by atoms with Crippen molar-refractivity contribution >= 4 is 25.7 Å². The lowest BCUT2D eigenvalue weighted by Crippen LogP contribution is -2.30. The predicted octanol–water partition coefficient (Wildman–Crippen LogP) is 17.5. The molecule has 0 bridgehead atoms. The second-order valence-corrected chi connectivity index (χ2v) is 20.9. The summed E-state index contributed by atoms with van der Waals surface area (Å²) < 4.78 is 39.4. The zero-order valence-corrected chi connectivity index (χ0v) is 47.9. The fourth-order valence-electron chi connectivity index (χ4n) is 7.83. The molecule has 0 saturated heterocycles. The van der Waals surface area contributed by atoms with Crippen LogP contribution in [0.4, 0.5) is 0 Å². The van der Waals surface area contributed by atoms with E-state index >= 15 is 0 Å². The fraction of sp³-hybridized carbons (Fsp3) is 0.726. The van der Waals surface area contributed by atoms with E-state index in [9.17, 15) is 28.9 Å². The molecule has 3 atom stereocenters. The van der Waals surface area contributed by atoms with Gasteiger partial charge in [0.2, 0.25) is 0 Å². The van der Waals surface area contributed by atoms with Crippen molar-refractivity contribution < 1.29 is 52.2 Å². The fourth-order valence-corrected chi connectivity index (χ4v) is 8.62. The van der Waals surface area contributed by atoms with Crippen molar-refractivity contribution in [2.75, 3.05) is 26.4 Å². The molecule has 426 valence electrons. The minimum atomic E-state index is -4.78. The highest BCUT2D eigenvalue weighted by Crippen LogP contribution is 2.43. The van der Waals surface area contributed by atoms with Gasteiger partial charge in [0.1, 0.15) is 12.7 Å². The third-order valence-electron chi connectivity index (χ3n) is 12.3. The Hall–Kier alpha value is -3.34. The average Bonchev–Trinajstić information content (AvgIpc) is 3.39. The number of phosphoric acid groups is 1. The van der Waals surface area contributed by atoms with Crippen LogP contribution in [0, 0.1) is 0 Å². The van der Waals surface area contributed by atoms with Gasteiger partial charge in [-0.05, 0) is 96.3 Å². The van der Waals surface area contributed by atoms with Crippen molar-refractivity contribution in [1.29, 1.82) is 0 Å². The van der Waals surface area contributed by atoms with Crippen molar-refractivity contribution in [1.82, 2.24) is 0 Å². The molecule has 0 aromatic rings. The van der Waals surface area contributed by atoms with E-state index in [-0.39, 0.29) is 25.9 Å². The molecule has 0 aliphatic rings. The number of carbonyl (C=O) groups excluding carboxylic acids is 3. The first-order chi connectivity index (χ1) is 36.2. The second-order valence-electron chi connectivity index (χ2n) is 19.4. The van der Waals surface area contributed by atoms with Crippen LogP contribution in [0.15, 0.2) is 85.1 Å². The number of hydrogen-bond donors (Lipinski definition) is 2. The summed E-state index contributed by atoms with van der Waals surface area (Å²) in [5.74, 6) is -1.63. The van der Waals surface area contributed by atoms with Gasteiger partial charge in [-0.25, -0.2) is 4.57 Å². The normalized spacial score (nSPS) is 14.0. The molecule has 3 unspecified atom stereocenters. The number of esters is 3. The molecule has 12 heteroatoms. The predicted molar refractivity (Wildman–Crippen MR) is 307 cm³/mol. The molecule has 0 fully saturated rings. The van der Waals surface area contributed by atoms with E-state index < -0.39 is 57.8 Å². The summed E-state index contributed by atoms with van der Waals surface area (Å²) in [6.45, 7) is 4.41. The number of ether oxygens (including phenoxy) is 3. The number of hydrogen-bond acceptors (Lipinski definition) is 10. The van der Waals surface area contributed by atoms with E-state index in [4.69, 9.17) is 23.3 Å². The Bertz CT molecular complexity index is 1560. The third-order valence-corrected chi connectivity index (χ3v) is 13.3. The van der Waals surface area contributed by atoms with E-state index in [0.717, 1.165) is 89.9 Å². The van der Waals surface area contributed by atoms with Crippen LogP contribution in [-0.2, 0) is 42.2 Å². The van der Waals surface area contributed by atoms with Gasteiger partial charge in [0.05, 0.1) is 26.2 Å². The first-order valence-corrected chi connectivity index (χ1v) is 31.0. The van der Waals surface area contributed by atoms with Crippen LogP contribution < -0.4 is 0 Å². The van der Waals surface area contributed by atoms with Gasteiger partial charge in [-0.3, -0.25) is 23.4 Å².